The molecule has 2 N–H and O–H groups in total. The average molecular weight is 249 g/mol. The van der Waals surface area contributed by atoms with Crippen molar-refractivity contribution in [3.8, 4) is 0 Å². The number of nitrogens with zero attached hydrogens (tertiary/aromatic N) is 3. The van der Waals surface area contributed by atoms with Gasteiger partial charge in [0.25, 0.3) is 0 Å². The molecule has 0 bridgehead atoms. The summed E-state index contributed by atoms with van der Waals surface area (Å²) in [5, 5.41) is 9.63. The SMILES string of the molecule is CCCCCCNc1cc2n[nH]c(=O)n2c(C)n1. The quantitative estimate of drug-likeness (QED) is 0.764. The Labute approximate surface area is 105 Å². The van der Waals surface area contributed by atoms with Gasteiger partial charge in [-0.15, -0.1) is 0 Å². The Kier molecular flexibility index (Phi) is 3.96. The van der Waals surface area contributed by atoms with Crippen LogP contribution in [-0.4, -0.2) is 26.1 Å². The lowest BCUT2D eigenvalue weighted by atomic mass is 10.2. The number of anilines is 1. The first-order chi connectivity index (χ1) is 8.72. The van der Waals surface area contributed by atoms with E-state index in [9.17, 15) is 4.79 Å². The third-order valence-corrected chi connectivity index (χ3v) is 2.91. The van der Waals surface area contributed by atoms with Crippen LogP contribution in [0.25, 0.3) is 5.65 Å². The Bertz CT molecular complexity index is 571. The number of aromatic nitrogens is 4. The van der Waals surface area contributed by atoms with Crippen molar-refractivity contribution in [2.45, 2.75) is 39.5 Å². The molecule has 0 spiro atoms. The second-order valence-electron chi connectivity index (χ2n) is 4.40. The standard InChI is InChI=1S/C12H19N5O/c1-3-4-5-6-7-13-10-8-11-15-16-12(18)17(11)9(2)14-10/h8,13H,3-7H2,1-2H3,(H,16,18). The molecule has 0 aromatic carbocycles. The highest BCUT2D eigenvalue weighted by molar-refractivity contribution is 5.49. The first kappa shape index (κ1) is 12.6. The largest absolute Gasteiger partial charge is 0.370 e. The Balaban J connectivity index is 2.03. The molecular weight excluding hydrogens is 230 g/mol. The van der Waals surface area contributed by atoms with E-state index < -0.39 is 0 Å². The van der Waals surface area contributed by atoms with Crippen LogP contribution in [0, 0.1) is 6.92 Å². The van der Waals surface area contributed by atoms with E-state index >= 15 is 0 Å². The molecule has 0 aliphatic carbocycles. The third kappa shape index (κ3) is 2.69. The number of unbranched alkanes of at least 4 members (excludes halogenated alkanes) is 3. The normalized spacial score (nSPS) is 11.0. The molecule has 98 valence electrons. The van der Waals surface area contributed by atoms with Crippen molar-refractivity contribution in [2.24, 2.45) is 0 Å². The van der Waals surface area contributed by atoms with Gasteiger partial charge in [0.15, 0.2) is 5.65 Å². The minimum absolute atomic E-state index is 0.246. The highest BCUT2D eigenvalue weighted by Crippen LogP contribution is 2.08. The molecule has 0 unspecified atom stereocenters. The van der Waals surface area contributed by atoms with Gasteiger partial charge in [-0.1, -0.05) is 26.2 Å². The number of fused-ring (bicyclic) bond motifs is 1. The Morgan fingerprint density at radius 2 is 2.22 bits per heavy atom. The number of rotatable bonds is 6. The molecule has 2 heterocycles. The predicted molar refractivity (Wildman–Crippen MR) is 71.0 cm³/mol. The molecule has 0 fully saturated rings. The molecule has 0 radical (unpaired) electrons. The van der Waals surface area contributed by atoms with Gasteiger partial charge in [0.2, 0.25) is 0 Å². The molecule has 0 atom stereocenters. The lowest BCUT2D eigenvalue weighted by Gasteiger charge is -2.06. The van der Waals surface area contributed by atoms with Crippen LogP contribution in [0.5, 0.6) is 0 Å². The number of hydrogen-bond acceptors (Lipinski definition) is 4. The zero-order chi connectivity index (χ0) is 13.0. The monoisotopic (exact) mass is 249 g/mol. The fraction of sp³-hybridized carbons (Fsp3) is 0.583. The summed E-state index contributed by atoms with van der Waals surface area (Å²) in [5.74, 6) is 1.41. The van der Waals surface area contributed by atoms with Crippen molar-refractivity contribution in [3.63, 3.8) is 0 Å². The van der Waals surface area contributed by atoms with Gasteiger partial charge in [-0.2, -0.15) is 5.10 Å². The van der Waals surface area contributed by atoms with E-state index in [1.54, 1.807) is 13.0 Å². The maximum Gasteiger partial charge on any atom is 0.349 e. The van der Waals surface area contributed by atoms with Crippen molar-refractivity contribution >= 4 is 11.5 Å². The van der Waals surface area contributed by atoms with Gasteiger partial charge in [-0.05, 0) is 13.3 Å². The van der Waals surface area contributed by atoms with Crippen LogP contribution >= 0.6 is 0 Å². The van der Waals surface area contributed by atoms with Gasteiger partial charge in [0, 0.05) is 12.6 Å². The highest BCUT2D eigenvalue weighted by atomic mass is 16.1. The molecule has 0 saturated heterocycles. The molecule has 2 rings (SSSR count). The third-order valence-electron chi connectivity index (χ3n) is 2.91. The highest BCUT2D eigenvalue weighted by Gasteiger charge is 2.06. The smallest absolute Gasteiger partial charge is 0.349 e. The number of aryl methyl sites for hydroxylation is 1. The Morgan fingerprint density at radius 1 is 1.39 bits per heavy atom. The van der Waals surface area contributed by atoms with Gasteiger partial charge in [-0.25, -0.2) is 19.3 Å². The Hall–Kier alpha value is -1.85. The number of aromatic amines is 1. The molecule has 0 amide bonds. The zero-order valence-electron chi connectivity index (χ0n) is 10.9. The summed E-state index contributed by atoms with van der Waals surface area (Å²) < 4.78 is 1.46. The second kappa shape index (κ2) is 5.66. The van der Waals surface area contributed by atoms with Gasteiger partial charge >= 0.3 is 5.69 Å². The van der Waals surface area contributed by atoms with Crippen LogP contribution in [0.3, 0.4) is 0 Å². The maximum absolute atomic E-state index is 11.4. The molecule has 6 heteroatoms. The van der Waals surface area contributed by atoms with E-state index in [4.69, 9.17) is 0 Å². The van der Waals surface area contributed by atoms with Crippen LogP contribution in [0.15, 0.2) is 10.9 Å². The first-order valence-electron chi connectivity index (χ1n) is 6.41. The molecule has 2 aromatic rings. The number of hydrogen-bond donors (Lipinski definition) is 2. The second-order valence-corrected chi connectivity index (χ2v) is 4.40. The summed E-state index contributed by atoms with van der Waals surface area (Å²) in [6.07, 6.45) is 4.86. The Morgan fingerprint density at radius 3 is 3.00 bits per heavy atom. The topological polar surface area (TPSA) is 75.1 Å². The molecule has 18 heavy (non-hydrogen) atoms. The molecule has 0 saturated carbocycles. The number of H-pyrrole nitrogens is 1. The minimum atomic E-state index is -0.246. The van der Waals surface area contributed by atoms with Crippen molar-refractivity contribution in [2.75, 3.05) is 11.9 Å². The van der Waals surface area contributed by atoms with Crippen LogP contribution in [0.4, 0.5) is 5.82 Å². The maximum atomic E-state index is 11.4. The summed E-state index contributed by atoms with van der Waals surface area (Å²) >= 11 is 0. The van der Waals surface area contributed by atoms with E-state index in [0.29, 0.717) is 11.5 Å². The predicted octanol–water partition coefficient (Wildman–Crippen LogP) is 1.72. The molecule has 6 nitrogen and oxygen atoms in total. The summed E-state index contributed by atoms with van der Waals surface area (Å²) in [7, 11) is 0. The van der Waals surface area contributed by atoms with Crippen LogP contribution < -0.4 is 11.0 Å². The molecule has 2 aromatic heterocycles. The minimum Gasteiger partial charge on any atom is -0.370 e. The summed E-state index contributed by atoms with van der Waals surface area (Å²) in [6.45, 7) is 4.89. The summed E-state index contributed by atoms with van der Waals surface area (Å²) in [5.41, 5.74) is 0.355. The van der Waals surface area contributed by atoms with E-state index in [2.05, 4.69) is 27.4 Å². The average Bonchev–Trinajstić information content (AvgIpc) is 2.71. The van der Waals surface area contributed by atoms with Crippen LogP contribution in [0.2, 0.25) is 0 Å². The number of nitrogens with one attached hydrogen (secondary N) is 2. The lowest BCUT2D eigenvalue weighted by Crippen LogP contribution is -2.14. The van der Waals surface area contributed by atoms with Gasteiger partial charge in [0.1, 0.15) is 11.6 Å². The molecular formula is C12H19N5O. The fourth-order valence-corrected chi connectivity index (χ4v) is 1.96. The summed E-state index contributed by atoms with van der Waals surface area (Å²) in [4.78, 5) is 15.8. The van der Waals surface area contributed by atoms with Crippen LogP contribution in [0.1, 0.15) is 38.4 Å². The summed E-state index contributed by atoms with van der Waals surface area (Å²) in [6, 6.07) is 1.78. The lowest BCUT2D eigenvalue weighted by molar-refractivity contribution is 0.684. The van der Waals surface area contributed by atoms with Crippen molar-refractivity contribution in [1.82, 2.24) is 19.6 Å². The van der Waals surface area contributed by atoms with E-state index in [1.807, 2.05) is 0 Å². The van der Waals surface area contributed by atoms with Gasteiger partial charge in [-0.3, -0.25) is 0 Å². The molecule has 0 aliphatic rings. The van der Waals surface area contributed by atoms with Crippen molar-refractivity contribution in [1.29, 1.82) is 0 Å². The fourth-order valence-electron chi connectivity index (χ4n) is 1.96. The van der Waals surface area contributed by atoms with E-state index in [1.165, 1.54) is 23.7 Å². The van der Waals surface area contributed by atoms with E-state index in [0.717, 1.165) is 18.8 Å². The van der Waals surface area contributed by atoms with Crippen molar-refractivity contribution < 1.29 is 0 Å². The van der Waals surface area contributed by atoms with Crippen molar-refractivity contribution in [3.05, 3.63) is 22.4 Å². The first-order valence-corrected chi connectivity index (χ1v) is 6.41. The molecule has 0 aliphatic heterocycles. The van der Waals surface area contributed by atoms with Gasteiger partial charge < -0.3 is 5.32 Å². The van der Waals surface area contributed by atoms with Gasteiger partial charge in [0.05, 0.1) is 0 Å². The zero-order valence-corrected chi connectivity index (χ0v) is 10.9. The van der Waals surface area contributed by atoms with E-state index in [-0.39, 0.29) is 5.69 Å². The van der Waals surface area contributed by atoms with Crippen LogP contribution in [-0.2, 0) is 0 Å².